The minimum absolute atomic E-state index is 0.00776. The van der Waals surface area contributed by atoms with E-state index >= 15 is 0 Å². The molecule has 58 heavy (non-hydrogen) atoms. The summed E-state index contributed by atoms with van der Waals surface area (Å²) in [5.41, 5.74) is -3.56. The number of ether oxygens (including phenoxy) is 3. The summed E-state index contributed by atoms with van der Waals surface area (Å²) in [6.45, 7) is 15.3. The van der Waals surface area contributed by atoms with Crippen molar-refractivity contribution in [1.82, 2.24) is 10.6 Å². The van der Waals surface area contributed by atoms with Gasteiger partial charge in [-0.1, -0.05) is 27.7 Å². The van der Waals surface area contributed by atoms with Gasteiger partial charge in [0, 0.05) is 38.1 Å². The molecule has 2 aromatic carbocycles. The highest BCUT2D eigenvalue weighted by atomic mass is 19.4. The quantitative estimate of drug-likeness (QED) is 0.151. The number of halogens is 6. The second kappa shape index (κ2) is 18.6. The number of phenols is 1. The predicted octanol–water partition coefficient (Wildman–Crippen LogP) is 9.04. The molecule has 0 bridgehead atoms. The van der Waals surface area contributed by atoms with Crippen molar-refractivity contribution < 1.29 is 64.8 Å². The number of phenolic OH excluding ortho intramolecular Hbond substituents is 1. The molecule has 0 radical (unpaired) electrons. The van der Waals surface area contributed by atoms with Crippen LogP contribution in [0.15, 0.2) is 36.4 Å². The van der Waals surface area contributed by atoms with Crippen LogP contribution in [0, 0.1) is 22.7 Å². The van der Waals surface area contributed by atoms with Crippen molar-refractivity contribution in [3.63, 3.8) is 0 Å². The number of hydrogen-bond acceptors (Lipinski definition) is 8. The van der Waals surface area contributed by atoms with Crippen LogP contribution in [0.1, 0.15) is 123 Å². The topological polar surface area (TPSA) is 140 Å². The highest BCUT2D eigenvalue weighted by Crippen LogP contribution is 2.47. The highest BCUT2D eigenvalue weighted by Gasteiger charge is 2.50. The minimum atomic E-state index is -4.53. The van der Waals surface area contributed by atoms with E-state index in [4.69, 9.17) is 14.2 Å². The molecule has 0 aliphatic heterocycles. The Kier molecular flexibility index (Phi) is 15.4. The van der Waals surface area contributed by atoms with Crippen LogP contribution in [0.5, 0.6) is 11.5 Å². The number of benzene rings is 2. The minimum Gasteiger partial charge on any atom is -0.508 e. The number of nitrogens with one attached hydrogen (secondary N) is 2. The third kappa shape index (κ3) is 12.5. The largest absolute Gasteiger partial charge is 0.508 e. The molecular weight excluding hydrogens is 774 g/mol. The van der Waals surface area contributed by atoms with Gasteiger partial charge in [0.05, 0.1) is 22.0 Å². The van der Waals surface area contributed by atoms with Crippen molar-refractivity contribution in [1.29, 1.82) is 0 Å². The molecule has 2 aromatic rings. The van der Waals surface area contributed by atoms with E-state index < -0.39 is 51.8 Å². The molecule has 4 rings (SSSR count). The molecule has 0 spiro atoms. The van der Waals surface area contributed by atoms with Crippen LogP contribution < -0.4 is 15.4 Å². The lowest BCUT2D eigenvalue weighted by atomic mass is 9.74. The second-order valence-corrected chi connectivity index (χ2v) is 16.8. The van der Waals surface area contributed by atoms with Crippen molar-refractivity contribution in [2.24, 2.45) is 22.7 Å². The number of alkyl halides is 6. The van der Waals surface area contributed by atoms with Crippen LogP contribution in [0.2, 0.25) is 0 Å². The first-order chi connectivity index (χ1) is 26.6. The molecule has 2 saturated carbocycles. The predicted molar refractivity (Wildman–Crippen MR) is 202 cm³/mol. The molecule has 0 heterocycles. The van der Waals surface area contributed by atoms with Gasteiger partial charge in [-0.3, -0.25) is 19.2 Å². The molecule has 2 fully saturated rings. The molecule has 16 heteroatoms. The van der Waals surface area contributed by atoms with Gasteiger partial charge in [-0.25, -0.2) is 0 Å². The van der Waals surface area contributed by atoms with E-state index in [0.29, 0.717) is 44.3 Å². The van der Waals surface area contributed by atoms with E-state index in [1.165, 1.54) is 19.9 Å². The SMILES string of the molecule is CC(=O)OC1CC[C@@](C(=O)NCc2cc(C(F)(F)F)ccc2O)(C(C)C)C1.CC(=O)OC1CC[C@@](C(=O)NCc2cc(C(F)(F)F)ccc2OC(C)(C)C)(C(C)C)C1. The Hall–Kier alpha value is -4.50. The molecule has 2 aliphatic rings. The Morgan fingerprint density at radius 1 is 0.707 bits per heavy atom. The van der Waals surface area contributed by atoms with Crippen molar-refractivity contribution in [3.05, 3.63) is 58.7 Å². The number of hydrogen-bond donors (Lipinski definition) is 3. The van der Waals surface area contributed by atoms with E-state index in [0.717, 1.165) is 30.3 Å². The average molecular weight is 831 g/mol. The first-order valence-electron chi connectivity index (χ1n) is 19.3. The molecule has 324 valence electrons. The molecule has 2 unspecified atom stereocenters. The summed E-state index contributed by atoms with van der Waals surface area (Å²) in [7, 11) is 0. The summed E-state index contributed by atoms with van der Waals surface area (Å²) in [6, 6.07) is 5.86. The van der Waals surface area contributed by atoms with Crippen LogP contribution in [0.4, 0.5) is 26.3 Å². The van der Waals surface area contributed by atoms with Gasteiger partial charge in [0.25, 0.3) is 0 Å². The average Bonchev–Trinajstić information content (AvgIpc) is 3.71. The normalized spacial score (nSPS) is 22.2. The van der Waals surface area contributed by atoms with Gasteiger partial charge >= 0.3 is 24.3 Å². The summed E-state index contributed by atoms with van der Waals surface area (Å²) < 4.78 is 94.5. The Labute approximate surface area is 335 Å². The van der Waals surface area contributed by atoms with Crippen molar-refractivity contribution in [2.75, 3.05) is 0 Å². The number of esters is 2. The van der Waals surface area contributed by atoms with Gasteiger partial charge in [-0.05, 0) is 108 Å². The van der Waals surface area contributed by atoms with E-state index in [2.05, 4.69) is 10.6 Å². The lowest BCUT2D eigenvalue weighted by Crippen LogP contribution is -2.43. The van der Waals surface area contributed by atoms with Crippen molar-refractivity contribution in [3.8, 4) is 11.5 Å². The van der Waals surface area contributed by atoms with Gasteiger partial charge in [0.2, 0.25) is 11.8 Å². The first kappa shape index (κ1) is 47.9. The molecule has 0 aromatic heterocycles. The Morgan fingerprint density at radius 2 is 1.10 bits per heavy atom. The van der Waals surface area contributed by atoms with Crippen LogP contribution in [-0.2, 0) is 54.1 Å². The fourth-order valence-electron chi connectivity index (χ4n) is 7.64. The zero-order valence-electron chi connectivity index (χ0n) is 34.5. The number of carbonyl (C=O) groups is 4. The third-order valence-corrected chi connectivity index (χ3v) is 10.9. The summed E-state index contributed by atoms with van der Waals surface area (Å²) in [4.78, 5) is 48.5. The molecule has 3 N–H and O–H groups in total. The van der Waals surface area contributed by atoms with E-state index in [9.17, 15) is 50.6 Å². The Morgan fingerprint density at radius 3 is 1.48 bits per heavy atom. The molecule has 2 aliphatic carbocycles. The zero-order chi connectivity index (χ0) is 44.0. The highest BCUT2D eigenvalue weighted by molar-refractivity contribution is 5.84. The summed E-state index contributed by atoms with van der Waals surface area (Å²) in [5.74, 6) is -1.46. The monoisotopic (exact) mass is 830 g/mol. The number of aromatic hydroxyl groups is 1. The third-order valence-electron chi connectivity index (χ3n) is 10.9. The molecule has 10 nitrogen and oxygen atoms in total. The lowest BCUT2D eigenvalue weighted by molar-refractivity contribution is -0.148. The van der Waals surface area contributed by atoms with Gasteiger partial charge in [0.1, 0.15) is 29.3 Å². The van der Waals surface area contributed by atoms with Gasteiger partial charge in [0.15, 0.2) is 0 Å². The molecular formula is C42H56F6N2O8. The Bertz CT molecular complexity index is 1790. The van der Waals surface area contributed by atoms with Crippen LogP contribution in [0.25, 0.3) is 0 Å². The number of rotatable bonds is 11. The maximum atomic E-state index is 13.2. The zero-order valence-corrected chi connectivity index (χ0v) is 34.5. The van der Waals surface area contributed by atoms with Gasteiger partial charge < -0.3 is 30.0 Å². The smallest absolute Gasteiger partial charge is 0.416 e. The standard InChI is InChI=1S/C23H32F3NO4.C19H24F3NO4/c1-14(2)22(10-9-18(12-22)30-15(3)28)20(29)27-13-16-11-17(23(24,25)26)7-8-19(16)31-21(4,5)6;1-11(2)18(7-6-15(9-18)27-12(3)24)17(26)23-10-13-8-14(19(20,21)22)4-5-16(13)25/h7-8,11,14,18H,9-10,12-13H2,1-6H3,(H,27,29);4-5,8,11,15,25H,6-7,9-10H2,1-3H3,(H,23,26)/t18?,22-;15?,18-/m00/s1. The summed E-state index contributed by atoms with van der Waals surface area (Å²) in [5, 5.41) is 15.3. The maximum Gasteiger partial charge on any atom is 0.416 e. The van der Waals surface area contributed by atoms with Gasteiger partial charge in [-0.2, -0.15) is 26.3 Å². The van der Waals surface area contributed by atoms with Crippen molar-refractivity contribution >= 4 is 23.8 Å². The fourth-order valence-corrected chi connectivity index (χ4v) is 7.64. The van der Waals surface area contributed by atoms with E-state index in [1.807, 2.05) is 27.7 Å². The van der Waals surface area contributed by atoms with Crippen molar-refractivity contribution in [2.45, 2.75) is 144 Å². The molecule has 2 amide bonds. The maximum absolute atomic E-state index is 13.2. The molecule has 4 atom stereocenters. The number of carbonyl (C=O) groups excluding carboxylic acids is 4. The fraction of sp³-hybridized carbons (Fsp3) is 0.619. The first-order valence-corrected chi connectivity index (χ1v) is 19.3. The Balaban J connectivity index is 0.000000313. The van der Waals surface area contributed by atoms with Crippen LogP contribution in [0.3, 0.4) is 0 Å². The lowest BCUT2D eigenvalue weighted by Gasteiger charge is -2.32. The van der Waals surface area contributed by atoms with E-state index in [-0.39, 0.29) is 65.8 Å². The number of amides is 2. The van der Waals surface area contributed by atoms with E-state index in [1.54, 1.807) is 20.8 Å². The molecule has 0 saturated heterocycles. The van der Waals surface area contributed by atoms with Crippen LogP contribution in [-0.4, -0.2) is 46.7 Å². The van der Waals surface area contributed by atoms with Crippen LogP contribution >= 0.6 is 0 Å². The van der Waals surface area contributed by atoms with Gasteiger partial charge in [-0.15, -0.1) is 0 Å². The summed E-state index contributed by atoms with van der Waals surface area (Å²) in [6.07, 6.45) is -6.76. The second-order valence-electron chi connectivity index (χ2n) is 16.8. The summed E-state index contributed by atoms with van der Waals surface area (Å²) >= 11 is 0.